The Hall–Kier alpha value is -1.13. The van der Waals surface area contributed by atoms with Crippen molar-refractivity contribution in [2.75, 3.05) is 118 Å². The zero-order valence-corrected chi connectivity index (χ0v) is 23.3. The Labute approximate surface area is 212 Å². The summed E-state index contributed by atoms with van der Waals surface area (Å²) < 4.78 is 1.70. The molecule has 0 aromatic heterocycles. The van der Waals surface area contributed by atoms with Crippen LogP contribution in [0.3, 0.4) is 0 Å². The molecule has 1 heterocycles. The highest BCUT2D eigenvalue weighted by atomic mass is 35.5. The number of benzene rings is 1. The maximum atomic E-state index is 10.8. The molecule has 8 nitrogen and oxygen atoms in total. The van der Waals surface area contributed by atoms with E-state index >= 15 is 0 Å². The Balaban J connectivity index is 2.22. The molecule has 196 valence electrons. The van der Waals surface area contributed by atoms with Crippen LogP contribution in [0.4, 0.5) is 11.4 Å². The second kappa shape index (κ2) is 11.7. The number of rotatable bonds is 9. The van der Waals surface area contributed by atoms with Crippen LogP contribution in [0.2, 0.25) is 0 Å². The van der Waals surface area contributed by atoms with Crippen LogP contribution in [0.15, 0.2) is 18.2 Å². The lowest BCUT2D eigenvalue weighted by atomic mass is 10.1. The topological polar surface area (TPSA) is 73.0 Å². The first-order valence-electron chi connectivity index (χ1n) is 12.4. The third-order valence-electron chi connectivity index (χ3n) is 6.42. The van der Waals surface area contributed by atoms with Gasteiger partial charge >= 0.3 is 0 Å². The lowest BCUT2D eigenvalue weighted by Gasteiger charge is -2.35. The van der Waals surface area contributed by atoms with Crippen LogP contribution in [0, 0.1) is 6.92 Å². The Morgan fingerprint density at radius 3 is 2.12 bits per heavy atom. The summed E-state index contributed by atoms with van der Waals surface area (Å²) in [6.45, 7) is 9.21. The summed E-state index contributed by atoms with van der Waals surface area (Å²) in [7, 11) is 12.6. The number of hydrogen-bond donors (Lipinski definition) is 3. The van der Waals surface area contributed by atoms with Crippen LogP contribution in [0.5, 0.6) is 0 Å². The predicted molar refractivity (Wildman–Crippen MR) is 143 cm³/mol. The highest BCUT2D eigenvalue weighted by molar-refractivity contribution is 6.06. The summed E-state index contributed by atoms with van der Waals surface area (Å²) in [5, 5.41) is 21.6. The number of aliphatic hydroxyl groups is 2. The molecule has 3 atom stereocenters. The normalized spacial score (nSPS) is 23.2. The summed E-state index contributed by atoms with van der Waals surface area (Å²) in [5.74, 6) is 0. The van der Waals surface area contributed by atoms with Gasteiger partial charge in [0.2, 0.25) is 0 Å². The molecule has 3 unspecified atom stereocenters. The van der Waals surface area contributed by atoms with Gasteiger partial charge in [0, 0.05) is 37.6 Å². The van der Waals surface area contributed by atoms with Crippen LogP contribution >= 0.6 is 11.8 Å². The largest absolute Gasteiger partial charge is 0.399 e. The fraction of sp³-hybridized carbons (Fsp3) is 0.760. The molecule has 1 aromatic rings. The number of hydrogen-bond acceptors (Lipinski definition) is 5. The van der Waals surface area contributed by atoms with Gasteiger partial charge in [0.25, 0.3) is 0 Å². The highest BCUT2D eigenvalue weighted by Crippen LogP contribution is 2.23. The molecule has 0 radical (unpaired) electrons. The number of likely N-dealkylation sites (N-methyl/N-ethyl adjacent to an activating group) is 2. The van der Waals surface area contributed by atoms with Crippen molar-refractivity contribution in [1.82, 2.24) is 4.90 Å². The molecule has 0 spiro atoms. The van der Waals surface area contributed by atoms with E-state index in [1.54, 1.807) is 0 Å². The molecule has 1 aliphatic rings. The van der Waals surface area contributed by atoms with E-state index in [-0.39, 0.29) is 4.00 Å². The van der Waals surface area contributed by atoms with Gasteiger partial charge in [-0.15, -0.1) is 0 Å². The van der Waals surface area contributed by atoms with Gasteiger partial charge in [0.15, 0.2) is 17.9 Å². The summed E-state index contributed by atoms with van der Waals surface area (Å²) >= 11 is 7.20. The van der Waals surface area contributed by atoms with Crippen molar-refractivity contribution < 1.29 is 23.2 Å². The molecule has 34 heavy (non-hydrogen) atoms. The van der Waals surface area contributed by atoms with Gasteiger partial charge in [0.05, 0.1) is 48.8 Å². The minimum Gasteiger partial charge on any atom is -0.399 e. The standard InChI is InChI=1S/C25H50ClN6O2/c1-21-16-22(8-9-25(21)27)29-11-10-28(17-23(33)18-30(2,3)4)12-14-32(26,15-13-29)20-24(34)19-31(5,6)7/h8-9,16,23-24,33-34H,10-15,17-20,27H2,1-7H3/q+3. The molecule has 9 heteroatoms. The van der Waals surface area contributed by atoms with E-state index in [1.165, 1.54) is 0 Å². The monoisotopic (exact) mass is 501 g/mol. The number of anilines is 2. The van der Waals surface area contributed by atoms with Crippen molar-refractivity contribution in [3.05, 3.63) is 23.8 Å². The number of nitrogens with two attached hydrogens (primary N) is 1. The van der Waals surface area contributed by atoms with Crippen molar-refractivity contribution in [2.45, 2.75) is 19.1 Å². The van der Waals surface area contributed by atoms with Crippen LogP contribution in [-0.2, 0) is 0 Å². The van der Waals surface area contributed by atoms with Gasteiger partial charge in [-0.3, -0.25) is 4.90 Å². The average Bonchev–Trinajstić information content (AvgIpc) is 2.71. The van der Waals surface area contributed by atoms with Crippen molar-refractivity contribution in [1.29, 1.82) is 0 Å². The van der Waals surface area contributed by atoms with E-state index in [1.807, 2.05) is 13.0 Å². The summed E-state index contributed by atoms with van der Waals surface area (Å²) in [4.78, 5) is 4.68. The highest BCUT2D eigenvalue weighted by Gasteiger charge is 2.34. The second-order valence-corrected chi connectivity index (χ2v) is 13.0. The quantitative estimate of drug-likeness (QED) is 0.265. The second-order valence-electron chi connectivity index (χ2n) is 12.2. The predicted octanol–water partition coefficient (Wildman–Crippen LogP) is 0.804. The van der Waals surface area contributed by atoms with E-state index in [2.05, 4.69) is 64.2 Å². The van der Waals surface area contributed by atoms with Crippen LogP contribution < -0.4 is 10.6 Å². The molecule has 0 saturated carbocycles. The van der Waals surface area contributed by atoms with Crippen LogP contribution in [0.1, 0.15) is 5.56 Å². The van der Waals surface area contributed by atoms with Crippen LogP contribution in [-0.4, -0.2) is 148 Å². The Bertz CT molecular complexity index is 782. The van der Waals surface area contributed by atoms with Gasteiger partial charge < -0.3 is 29.8 Å². The lowest BCUT2D eigenvalue weighted by Crippen LogP contribution is -2.54. The minimum absolute atomic E-state index is 0.285. The Morgan fingerprint density at radius 1 is 0.941 bits per heavy atom. The first kappa shape index (κ1) is 29.1. The SMILES string of the molecule is Cc1cc(N2CCN(CC(O)C[N+](C)(C)C)CC[N+](Cl)(CC(O)C[N+](C)(C)C)CC2)ccc1N. The van der Waals surface area contributed by atoms with E-state index in [0.29, 0.717) is 30.7 Å². The summed E-state index contributed by atoms with van der Waals surface area (Å²) in [6, 6.07) is 6.18. The van der Waals surface area contributed by atoms with E-state index in [9.17, 15) is 10.2 Å². The van der Waals surface area contributed by atoms with E-state index < -0.39 is 12.2 Å². The molecule has 1 aliphatic heterocycles. The number of aliphatic hydroxyl groups excluding tert-OH is 2. The third-order valence-corrected chi connectivity index (χ3v) is 6.89. The molecule has 2 rings (SSSR count). The number of halogens is 1. The molecule has 1 aromatic carbocycles. The zero-order valence-electron chi connectivity index (χ0n) is 22.5. The molecule has 1 fully saturated rings. The van der Waals surface area contributed by atoms with Crippen LogP contribution in [0.25, 0.3) is 0 Å². The molecule has 0 amide bonds. The van der Waals surface area contributed by atoms with E-state index in [4.69, 9.17) is 17.5 Å². The Morgan fingerprint density at radius 2 is 1.53 bits per heavy atom. The molecule has 1 saturated heterocycles. The van der Waals surface area contributed by atoms with Gasteiger partial charge in [-0.2, -0.15) is 0 Å². The summed E-state index contributed by atoms with van der Waals surface area (Å²) in [6.07, 6.45) is -0.892. The minimum atomic E-state index is -0.484. The molecule has 0 bridgehead atoms. The number of nitrogen functional groups attached to an aromatic ring is 1. The molecular weight excluding hydrogens is 452 g/mol. The third kappa shape index (κ3) is 10.2. The smallest absolute Gasteiger partial charge is 0.165 e. The number of nitrogens with zero attached hydrogens (tertiary/aromatic N) is 5. The summed E-state index contributed by atoms with van der Waals surface area (Å²) in [5.41, 5.74) is 9.06. The maximum absolute atomic E-state index is 10.8. The van der Waals surface area contributed by atoms with Gasteiger partial charge in [-0.25, -0.2) is 4.00 Å². The van der Waals surface area contributed by atoms with Crippen molar-refractivity contribution in [3.8, 4) is 0 Å². The molecule has 0 aliphatic carbocycles. The lowest BCUT2D eigenvalue weighted by molar-refractivity contribution is -0.881. The Kier molecular flexibility index (Phi) is 10.0. The fourth-order valence-corrected chi connectivity index (χ4v) is 5.06. The number of quaternary nitrogens is 3. The van der Waals surface area contributed by atoms with Crippen molar-refractivity contribution >= 4 is 23.2 Å². The fourth-order valence-electron chi connectivity index (χ4n) is 4.75. The number of β-amino-alcohol motifs (C(OH)–C–C–N with tert-alkyl or cyclic N) is 1. The molecule has 4 N–H and O–H groups in total. The van der Waals surface area contributed by atoms with Gasteiger partial charge in [-0.1, -0.05) is 0 Å². The maximum Gasteiger partial charge on any atom is 0.165 e. The van der Waals surface area contributed by atoms with Crippen molar-refractivity contribution in [2.24, 2.45) is 0 Å². The van der Waals surface area contributed by atoms with Gasteiger partial charge in [-0.05, 0) is 30.7 Å². The molecular formula is C25H50ClN6O2+3. The average molecular weight is 502 g/mol. The first-order chi connectivity index (χ1) is 15.6. The van der Waals surface area contributed by atoms with Gasteiger partial charge in [0.1, 0.15) is 38.8 Å². The first-order valence-corrected chi connectivity index (χ1v) is 12.8. The van der Waals surface area contributed by atoms with Crippen molar-refractivity contribution in [3.63, 3.8) is 0 Å². The number of aryl methyl sites for hydroxylation is 1. The zero-order chi connectivity index (χ0) is 25.7. The van der Waals surface area contributed by atoms with E-state index in [0.717, 1.165) is 60.7 Å².